The van der Waals surface area contributed by atoms with Crippen LogP contribution in [0.2, 0.25) is 0 Å². The molecule has 158 valence electrons. The molecule has 0 saturated carbocycles. The largest absolute Gasteiger partial charge is 0.494 e. The van der Waals surface area contributed by atoms with E-state index in [1.165, 1.54) is 7.05 Å². The smallest absolute Gasteiger partial charge is 0.261 e. The maximum atomic E-state index is 12.0. The van der Waals surface area contributed by atoms with E-state index in [9.17, 15) is 10.1 Å². The van der Waals surface area contributed by atoms with Gasteiger partial charge in [0.2, 0.25) is 0 Å². The number of aromatic nitrogens is 2. The molecule has 0 atom stereocenters. The Morgan fingerprint density at radius 3 is 2.52 bits per heavy atom. The van der Waals surface area contributed by atoms with Crippen LogP contribution in [0, 0.1) is 17.2 Å². The summed E-state index contributed by atoms with van der Waals surface area (Å²) in [5.74, 6) is 0.951. The van der Waals surface area contributed by atoms with Crippen molar-refractivity contribution in [2.75, 3.05) is 13.7 Å². The van der Waals surface area contributed by atoms with Crippen LogP contribution in [0.25, 0.3) is 23.0 Å². The third-order valence-corrected chi connectivity index (χ3v) is 4.75. The van der Waals surface area contributed by atoms with Gasteiger partial charge in [0.15, 0.2) is 0 Å². The summed E-state index contributed by atoms with van der Waals surface area (Å²) < 4.78 is 7.55. The van der Waals surface area contributed by atoms with E-state index in [0.717, 1.165) is 23.4 Å². The number of benzene rings is 2. The summed E-state index contributed by atoms with van der Waals surface area (Å²) in [5.41, 5.74) is 3.12. The molecule has 0 unspecified atom stereocenters. The fourth-order valence-corrected chi connectivity index (χ4v) is 2.99. The van der Waals surface area contributed by atoms with Crippen LogP contribution in [0.1, 0.15) is 25.8 Å². The lowest BCUT2D eigenvalue weighted by Gasteiger charge is -2.08. The summed E-state index contributed by atoms with van der Waals surface area (Å²) in [7, 11) is 1.50. The van der Waals surface area contributed by atoms with Gasteiger partial charge in [-0.1, -0.05) is 32.0 Å². The van der Waals surface area contributed by atoms with Gasteiger partial charge in [0.1, 0.15) is 17.4 Å². The third-order valence-electron chi connectivity index (χ3n) is 4.75. The van der Waals surface area contributed by atoms with E-state index in [4.69, 9.17) is 9.84 Å². The number of nitrogens with zero attached hydrogens (tertiary/aromatic N) is 3. The number of carbonyl (C=O) groups is 1. The molecule has 1 amide bonds. The number of rotatable bonds is 8. The zero-order valence-corrected chi connectivity index (χ0v) is 18.0. The summed E-state index contributed by atoms with van der Waals surface area (Å²) in [6, 6.07) is 19.3. The second-order valence-electron chi connectivity index (χ2n) is 7.52. The third kappa shape index (κ3) is 5.61. The number of hydrogen-bond acceptors (Lipinski definition) is 4. The molecule has 0 radical (unpaired) electrons. The lowest BCUT2D eigenvalue weighted by Crippen LogP contribution is -2.19. The Balaban J connectivity index is 1.98. The van der Waals surface area contributed by atoms with Crippen molar-refractivity contribution in [3.8, 4) is 28.8 Å². The summed E-state index contributed by atoms with van der Waals surface area (Å²) in [6.45, 7) is 5.00. The van der Waals surface area contributed by atoms with Crippen molar-refractivity contribution >= 4 is 12.0 Å². The van der Waals surface area contributed by atoms with Gasteiger partial charge in [-0.25, -0.2) is 4.68 Å². The Bertz CT molecular complexity index is 1090. The van der Waals surface area contributed by atoms with Crippen LogP contribution >= 0.6 is 0 Å². The van der Waals surface area contributed by atoms with E-state index in [1.54, 1.807) is 10.8 Å². The minimum atomic E-state index is -0.435. The minimum absolute atomic E-state index is 0.0185. The molecular weight excluding hydrogens is 388 g/mol. The van der Waals surface area contributed by atoms with Gasteiger partial charge in [0, 0.05) is 24.4 Å². The van der Waals surface area contributed by atoms with Gasteiger partial charge in [-0.05, 0) is 54.8 Å². The van der Waals surface area contributed by atoms with Crippen LogP contribution in [0.4, 0.5) is 0 Å². The molecule has 3 aromatic rings. The first kappa shape index (κ1) is 21.8. The van der Waals surface area contributed by atoms with Crippen LogP contribution in [0.15, 0.2) is 66.4 Å². The van der Waals surface area contributed by atoms with Crippen LogP contribution in [0.5, 0.6) is 5.75 Å². The second kappa shape index (κ2) is 10.3. The first-order chi connectivity index (χ1) is 15.0. The average molecular weight is 415 g/mol. The number of para-hydroxylation sites is 1. The zero-order valence-electron chi connectivity index (χ0n) is 18.0. The molecule has 0 bridgehead atoms. The van der Waals surface area contributed by atoms with Crippen LogP contribution in [0.3, 0.4) is 0 Å². The van der Waals surface area contributed by atoms with Gasteiger partial charge in [-0.3, -0.25) is 4.79 Å². The summed E-state index contributed by atoms with van der Waals surface area (Å²) >= 11 is 0. The highest BCUT2D eigenvalue weighted by Gasteiger charge is 2.14. The monoisotopic (exact) mass is 414 g/mol. The molecule has 0 aliphatic carbocycles. The number of amides is 1. The quantitative estimate of drug-likeness (QED) is 0.431. The standard InChI is InChI=1S/C25H26N4O2/c1-18(2)13-14-31-23-11-9-19(10-12-23)24-21(15-20(16-26)25(30)27-3)17-29(28-24)22-7-5-4-6-8-22/h4-12,15,17-18H,13-14H2,1-3H3,(H,27,30)/b20-15-. The highest BCUT2D eigenvalue weighted by molar-refractivity contribution is 6.02. The SMILES string of the molecule is CNC(=O)/C(C#N)=C\c1cn(-c2ccccc2)nc1-c1ccc(OCCC(C)C)cc1. The van der Waals surface area contributed by atoms with Gasteiger partial charge in [0.05, 0.1) is 18.0 Å². The van der Waals surface area contributed by atoms with Crippen molar-refractivity contribution in [1.29, 1.82) is 5.26 Å². The van der Waals surface area contributed by atoms with E-state index in [2.05, 4.69) is 19.2 Å². The van der Waals surface area contributed by atoms with Gasteiger partial charge in [-0.2, -0.15) is 10.4 Å². The Hall–Kier alpha value is -3.85. The Kier molecular flexibility index (Phi) is 7.23. The van der Waals surface area contributed by atoms with Gasteiger partial charge in [-0.15, -0.1) is 0 Å². The van der Waals surface area contributed by atoms with Gasteiger partial charge < -0.3 is 10.1 Å². The van der Waals surface area contributed by atoms with E-state index >= 15 is 0 Å². The molecule has 1 N–H and O–H groups in total. The molecule has 1 aromatic heterocycles. The molecule has 6 nitrogen and oxygen atoms in total. The Morgan fingerprint density at radius 2 is 1.90 bits per heavy atom. The van der Waals surface area contributed by atoms with Crippen molar-refractivity contribution in [2.45, 2.75) is 20.3 Å². The lowest BCUT2D eigenvalue weighted by molar-refractivity contribution is -0.116. The highest BCUT2D eigenvalue weighted by Crippen LogP contribution is 2.27. The van der Waals surface area contributed by atoms with Crippen LogP contribution in [-0.2, 0) is 4.79 Å². The molecule has 0 aliphatic heterocycles. The van der Waals surface area contributed by atoms with Crippen molar-refractivity contribution in [3.63, 3.8) is 0 Å². The molecule has 6 heteroatoms. The van der Waals surface area contributed by atoms with Crippen molar-refractivity contribution < 1.29 is 9.53 Å². The maximum absolute atomic E-state index is 12.0. The van der Waals surface area contributed by atoms with E-state index in [0.29, 0.717) is 23.8 Å². The molecule has 3 rings (SSSR count). The molecule has 0 aliphatic rings. The van der Waals surface area contributed by atoms with Crippen molar-refractivity contribution in [2.24, 2.45) is 5.92 Å². The topological polar surface area (TPSA) is 79.9 Å². The highest BCUT2D eigenvalue weighted by atomic mass is 16.5. The number of nitriles is 1. The number of nitrogens with one attached hydrogen (secondary N) is 1. The summed E-state index contributed by atoms with van der Waals surface area (Å²) in [6.07, 6.45) is 4.38. The number of likely N-dealkylation sites (N-methyl/N-ethyl adjacent to an activating group) is 1. The zero-order chi connectivity index (χ0) is 22.2. The fourth-order valence-electron chi connectivity index (χ4n) is 2.99. The number of hydrogen-bond donors (Lipinski definition) is 1. The van der Waals surface area contributed by atoms with E-state index in [1.807, 2.05) is 66.9 Å². The molecular formula is C25H26N4O2. The van der Waals surface area contributed by atoms with Crippen LogP contribution in [-0.4, -0.2) is 29.3 Å². The summed E-state index contributed by atoms with van der Waals surface area (Å²) in [4.78, 5) is 12.0. The molecule has 2 aromatic carbocycles. The van der Waals surface area contributed by atoms with Crippen molar-refractivity contribution in [3.05, 3.63) is 71.9 Å². The van der Waals surface area contributed by atoms with Gasteiger partial charge in [0.25, 0.3) is 5.91 Å². The van der Waals surface area contributed by atoms with Gasteiger partial charge >= 0.3 is 0 Å². The molecule has 1 heterocycles. The summed E-state index contributed by atoms with van der Waals surface area (Å²) in [5, 5.41) is 16.6. The minimum Gasteiger partial charge on any atom is -0.494 e. The number of carbonyl (C=O) groups excluding carboxylic acids is 1. The number of ether oxygens (including phenoxy) is 1. The van der Waals surface area contributed by atoms with E-state index in [-0.39, 0.29) is 5.57 Å². The second-order valence-corrected chi connectivity index (χ2v) is 7.52. The average Bonchev–Trinajstić information content (AvgIpc) is 3.21. The molecule has 0 fully saturated rings. The molecule has 0 spiro atoms. The maximum Gasteiger partial charge on any atom is 0.261 e. The Labute approximate surface area is 182 Å². The van der Waals surface area contributed by atoms with Crippen molar-refractivity contribution in [1.82, 2.24) is 15.1 Å². The lowest BCUT2D eigenvalue weighted by atomic mass is 10.1. The predicted molar refractivity (Wildman–Crippen MR) is 122 cm³/mol. The first-order valence-corrected chi connectivity index (χ1v) is 10.2. The normalized spacial score (nSPS) is 11.3. The molecule has 0 saturated heterocycles. The Morgan fingerprint density at radius 1 is 1.19 bits per heavy atom. The predicted octanol–water partition coefficient (Wildman–Crippen LogP) is 4.62. The van der Waals surface area contributed by atoms with E-state index < -0.39 is 5.91 Å². The molecule has 31 heavy (non-hydrogen) atoms. The van der Waals surface area contributed by atoms with Crippen LogP contribution < -0.4 is 10.1 Å². The first-order valence-electron chi connectivity index (χ1n) is 10.2. The fraction of sp³-hybridized carbons (Fsp3) is 0.240.